The van der Waals surface area contributed by atoms with Crippen LogP contribution in [0.2, 0.25) is 0 Å². The van der Waals surface area contributed by atoms with Crippen LogP contribution >= 0.6 is 0 Å². The lowest BCUT2D eigenvalue weighted by molar-refractivity contribution is -0.00512. The van der Waals surface area contributed by atoms with Gasteiger partial charge in [0.15, 0.2) is 5.69 Å². The predicted molar refractivity (Wildman–Crippen MR) is 178 cm³/mol. The van der Waals surface area contributed by atoms with E-state index in [4.69, 9.17) is 6.57 Å². The van der Waals surface area contributed by atoms with Crippen LogP contribution in [0.25, 0.3) is 26.7 Å². The molecule has 0 radical (unpaired) electrons. The third-order valence-corrected chi connectivity index (χ3v) is 13.5. The Balaban J connectivity index is 1.25. The van der Waals surface area contributed by atoms with Gasteiger partial charge in [0.1, 0.15) is 0 Å². The monoisotopic (exact) mass is 570 g/mol. The molecule has 2 nitrogen and oxygen atoms in total. The van der Waals surface area contributed by atoms with Gasteiger partial charge in [-0.3, -0.25) is 0 Å². The molecule has 1 heterocycles. The summed E-state index contributed by atoms with van der Waals surface area (Å²) in [5, 5.41) is 2.86. The topological polar surface area (TPSA) is 20.1 Å². The molecule has 0 spiro atoms. The molecule has 6 bridgehead atoms. The first-order chi connectivity index (χ1) is 21.7. The summed E-state index contributed by atoms with van der Waals surface area (Å²) in [4.78, 5) is 8.50. The van der Waals surface area contributed by atoms with E-state index in [-0.39, 0.29) is 11.8 Å². The van der Waals surface area contributed by atoms with Crippen LogP contribution in [-0.2, 0) is 5.41 Å². The van der Waals surface area contributed by atoms with E-state index in [1.165, 1.54) is 125 Å². The van der Waals surface area contributed by atoms with E-state index in [1.807, 2.05) is 0 Å². The maximum absolute atomic E-state index is 8.72. The van der Waals surface area contributed by atoms with Crippen LogP contribution in [0.1, 0.15) is 126 Å². The molecule has 5 aromatic rings. The Bertz CT molecular complexity index is 2010. The fraction of sp³-hybridized carbons (Fsp3) is 0.405. The van der Waals surface area contributed by atoms with Gasteiger partial charge in [0.25, 0.3) is 0 Å². The number of aromatic nitrogens is 1. The van der Waals surface area contributed by atoms with Crippen LogP contribution in [0, 0.1) is 24.3 Å². The fourth-order valence-electron chi connectivity index (χ4n) is 12.3. The second-order valence-corrected chi connectivity index (χ2v) is 15.6. The first-order valence-electron chi connectivity index (χ1n) is 17.4. The van der Waals surface area contributed by atoms with Gasteiger partial charge in [0, 0.05) is 33.6 Å². The minimum Gasteiger partial charge on any atom is -0.355 e. The van der Waals surface area contributed by atoms with Crippen molar-refractivity contribution in [1.82, 2.24) is 4.98 Å². The van der Waals surface area contributed by atoms with Gasteiger partial charge in [-0.05, 0) is 137 Å². The van der Waals surface area contributed by atoms with Crippen LogP contribution in [0.15, 0.2) is 66.7 Å². The van der Waals surface area contributed by atoms with E-state index in [0.29, 0.717) is 11.3 Å². The largest absolute Gasteiger partial charge is 0.355 e. The lowest BCUT2D eigenvalue weighted by Crippen LogP contribution is -2.48. The van der Waals surface area contributed by atoms with Crippen molar-refractivity contribution >= 4 is 27.5 Å². The van der Waals surface area contributed by atoms with E-state index >= 15 is 0 Å². The number of rotatable bonds is 2. The molecule has 0 atom stereocenters. The average molecular weight is 571 g/mol. The molecule has 1 aromatic heterocycles. The number of nitrogens with zero attached hydrogens (tertiary/aromatic N) is 1. The molecule has 0 saturated heterocycles. The standard InChI is InChI=1S/C42H38N2/c1-43-40-34(26-8-2-3-9-26)41-37(38-35-28-10-4-6-12-30(28)36(39(38)40)31-13-7-5-11-29(31)35)32-19-27(14-15-33(32)44-41)42-20-23-16-24(21-42)18-25(17-23)22-42/h4-7,10-15,19,23-26,35-36,44H,2-3,8-9,16-18,20-22H2. The molecule has 8 aliphatic carbocycles. The van der Waals surface area contributed by atoms with Crippen LogP contribution in [0.3, 0.4) is 0 Å². The van der Waals surface area contributed by atoms with Gasteiger partial charge < -0.3 is 4.98 Å². The average Bonchev–Trinajstić information content (AvgIpc) is 3.71. The first-order valence-corrected chi connectivity index (χ1v) is 17.4. The zero-order valence-electron chi connectivity index (χ0n) is 25.3. The quantitative estimate of drug-likeness (QED) is 0.200. The summed E-state index contributed by atoms with van der Waals surface area (Å²) in [5.74, 6) is 3.58. The highest BCUT2D eigenvalue weighted by Gasteiger charge is 2.52. The maximum Gasteiger partial charge on any atom is 0.197 e. The molecule has 0 amide bonds. The third-order valence-electron chi connectivity index (χ3n) is 13.5. The molecule has 4 aromatic carbocycles. The summed E-state index contributed by atoms with van der Waals surface area (Å²) >= 11 is 0. The summed E-state index contributed by atoms with van der Waals surface area (Å²) in [6.07, 6.45) is 13.6. The van der Waals surface area contributed by atoms with E-state index in [2.05, 4.69) is 76.6 Å². The summed E-state index contributed by atoms with van der Waals surface area (Å²) in [7, 11) is 0. The van der Waals surface area contributed by atoms with Crippen LogP contribution in [0.4, 0.5) is 5.69 Å². The summed E-state index contributed by atoms with van der Waals surface area (Å²) < 4.78 is 0. The highest BCUT2D eigenvalue weighted by Crippen LogP contribution is 2.64. The second-order valence-electron chi connectivity index (χ2n) is 15.6. The van der Waals surface area contributed by atoms with E-state index in [0.717, 1.165) is 23.4 Å². The number of aromatic amines is 1. The summed E-state index contributed by atoms with van der Waals surface area (Å²) in [6.45, 7) is 8.72. The van der Waals surface area contributed by atoms with Crippen molar-refractivity contribution in [3.63, 3.8) is 0 Å². The number of H-pyrrole nitrogens is 1. The smallest absolute Gasteiger partial charge is 0.197 e. The van der Waals surface area contributed by atoms with Gasteiger partial charge in [0.2, 0.25) is 0 Å². The Hall–Kier alpha value is -3.83. The maximum atomic E-state index is 8.72. The van der Waals surface area contributed by atoms with Gasteiger partial charge in [-0.2, -0.15) is 0 Å². The molecule has 2 heteroatoms. The molecule has 1 N–H and O–H groups in total. The first kappa shape index (κ1) is 24.5. The molecule has 5 saturated carbocycles. The van der Waals surface area contributed by atoms with Crippen LogP contribution in [0.5, 0.6) is 0 Å². The third kappa shape index (κ3) is 2.97. The Morgan fingerprint density at radius 2 is 1.25 bits per heavy atom. The lowest BCUT2D eigenvalue weighted by Gasteiger charge is -2.57. The highest BCUT2D eigenvalue weighted by atomic mass is 14.8. The highest BCUT2D eigenvalue weighted by molar-refractivity contribution is 6.14. The molecular weight excluding hydrogens is 532 g/mol. The number of benzene rings is 4. The predicted octanol–water partition coefficient (Wildman–Crippen LogP) is 11.0. The van der Waals surface area contributed by atoms with E-state index in [9.17, 15) is 0 Å². The van der Waals surface area contributed by atoms with E-state index < -0.39 is 0 Å². The summed E-state index contributed by atoms with van der Waals surface area (Å²) in [5.41, 5.74) is 15.3. The van der Waals surface area contributed by atoms with Gasteiger partial charge in [0.05, 0.1) is 6.57 Å². The SMILES string of the molecule is [C-]#[N+]c1c2c(c3c([nH]c4ccc(C56CC7CC(CC(C7)C5)C6)cc43)c1C1CCCC1)C1c3ccccc3C2c2ccccc21. The number of nitrogens with one attached hydrogen (secondary N) is 1. The number of hydrogen-bond acceptors (Lipinski definition) is 0. The lowest BCUT2D eigenvalue weighted by atomic mass is 9.48. The van der Waals surface area contributed by atoms with Crippen molar-refractivity contribution in [2.45, 2.75) is 87.4 Å². The minimum atomic E-state index is 0.132. The molecule has 13 rings (SSSR count). The minimum absolute atomic E-state index is 0.132. The number of hydrogen-bond donors (Lipinski definition) is 1. The Morgan fingerprint density at radius 1 is 0.682 bits per heavy atom. The molecule has 44 heavy (non-hydrogen) atoms. The van der Waals surface area contributed by atoms with Crippen molar-refractivity contribution in [2.75, 3.05) is 0 Å². The van der Waals surface area contributed by atoms with Gasteiger partial charge in [-0.15, -0.1) is 0 Å². The molecule has 5 fully saturated rings. The van der Waals surface area contributed by atoms with Crippen LogP contribution in [-0.4, -0.2) is 4.98 Å². The van der Waals surface area contributed by atoms with E-state index in [1.54, 1.807) is 5.56 Å². The van der Waals surface area contributed by atoms with Crippen LogP contribution < -0.4 is 0 Å². The zero-order valence-corrected chi connectivity index (χ0v) is 25.3. The molecular formula is C42H38N2. The number of fused-ring (bicyclic) bond motifs is 3. The normalized spacial score (nSPS) is 30.9. The van der Waals surface area contributed by atoms with Gasteiger partial charge in [-0.1, -0.05) is 67.4 Å². The second kappa shape index (κ2) is 8.45. The van der Waals surface area contributed by atoms with Crippen molar-refractivity contribution in [3.8, 4) is 0 Å². The Morgan fingerprint density at radius 3 is 1.82 bits per heavy atom. The Labute approximate surface area is 259 Å². The molecule has 216 valence electrons. The molecule has 0 unspecified atom stereocenters. The zero-order chi connectivity index (χ0) is 28.7. The van der Waals surface area contributed by atoms with Gasteiger partial charge >= 0.3 is 0 Å². The molecule has 8 aliphatic rings. The van der Waals surface area contributed by atoms with Crippen molar-refractivity contribution in [2.24, 2.45) is 17.8 Å². The Kier molecular flexibility index (Phi) is 4.70. The van der Waals surface area contributed by atoms with Crippen molar-refractivity contribution < 1.29 is 0 Å². The summed E-state index contributed by atoms with van der Waals surface area (Å²) in [6, 6.07) is 25.9. The van der Waals surface area contributed by atoms with Crippen molar-refractivity contribution in [3.05, 3.63) is 123 Å². The van der Waals surface area contributed by atoms with Crippen molar-refractivity contribution in [1.29, 1.82) is 0 Å². The fourth-order valence-corrected chi connectivity index (χ4v) is 12.3. The van der Waals surface area contributed by atoms with Gasteiger partial charge in [-0.25, -0.2) is 4.85 Å². The molecule has 0 aliphatic heterocycles.